The fraction of sp³-hybridized carbons (Fsp3) is 0.520. The summed E-state index contributed by atoms with van der Waals surface area (Å²) < 4.78 is 2.77. The van der Waals surface area contributed by atoms with Crippen molar-refractivity contribution in [2.75, 3.05) is 4.90 Å². The first-order valence-electron chi connectivity index (χ1n) is 21.4. The van der Waals surface area contributed by atoms with E-state index in [4.69, 9.17) is 0 Å². The van der Waals surface area contributed by atoms with Crippen LogP contribution in [-0.2, 0) is 16.2 Å². The molecule has 4 fully saturated rings. The predicted octanol–water partition coefficient (Wildman–Crippen LogP) is 11.0. The van der Waals surface area contributed by atoms with Gasteiger partial charge in [-0.25, -0.2) is 0 Å². The van der Waals surface area contributed by atoms with Gasteiger partial charge in [-0.2, -0.15) is 0 Å². The second kappa shape index (κ2) is 10.6. The van der Waals surface area contributed by atoms with E-state index in [0.29, 0.717) is 12.0 Å². The zero-order valence-corrected chi connectivity index (χ0v) is 33.9. The molecule has 2 nitrogen and oxygen atoms in total. The Bertz CT molecular complexity index is 2370. The van der Waals surface area contributed by atoms with Gasteiger partial charge in [0.2, 0.25) is 0 Å². The number of hydrogen-bond acceptors (Lipinski definition) is 1. The summed E-state index contributed by atoms with van der Waals surface area (Å²) in [5.74, 6) is 4.16. The van der Waals surface area contributed by atoms with Crippen molar-refractivity contribution in [1.82, 2.24) is 4.57 Å². The van der Waals surface area contributed by atoms with Crippen molar-refractivity contribution in [1.29, 1.82) is 0 Å². The summed E-state index contributed by atoms with van der Waals surface area (Å²) in [6, 6.07) is 26.5. The monoisotopic (exact) mass is 698 g/mol. The molecular formula is C50H59BN2. The number of hydrogen-bond donors (Lipinski definition) is 0. The van der Waals surface area contributed by atoms with Crippen LogP contribution in [0, 0.1) is 23.7 Å². The minimum Gasteiger partial charge on any atom is -0.339 e. The van der Waals surface area contributed by atoms with Crippen molar-refractivity contribution < 1.29 is 0 Å². The van der Waals surface area contributed by atoms with Crippen LogP contribution in [0.4, 0.5) is 11.4 Å². The molecule has 0 saturated heterocycles. The van der Waals surface area contributed by atoms with Crippen LogP contribution in [0.25, 0.3) is 27.5 Å². The molecule has 0 N–H and O–H groups in total. The summed E-state index contributed by atoms with van der Waals surface area (Å²) in [6.07, 6.45) is 11.3. The molecule has 4 saturated carbocycles. The van der Waals surface area contributed by atoms with Gasteiger partial charge in [0, 0.05) is 39.4 Å². The van der Waals surface area contributed by atoms with E-state index < -0.39 is 0 Å². The summed E-state index contributed by atoms with van der Waals surface area (Å²) in [6.45, 7) is 21.7. The lowest BCUT2D eigenvalue weighted by molar-refractivity contribution is 0.412. The molecule has 0 spiro atoms. The van der Waals surface area contributed by atoms with Crippen LogP contribution in [0.5, 0.6) is 0 Å². The molecule has 6 atom stereocenters. The van der Waals surface area contributed by atoms with Gasteiger partial charge in [0.1, 0.15) is 0 Å². The van der Waals surface area contributed by atoms with Gasteiger partial charge in [-0.05, 0) is 159 Å². The zero-order chi connectivity index (χ0) is 36.5. The molecule has 0 radical (unpaired) electrons. The van der Waals surface area contributed by atoms with Gasteiger partial charge < -0.3 is 9.47 Å². The van der Waals surface area contributed by atoms with Gasteiger partial charge in [0.15, 0.2) is 0 Å². The Kier molecular flexibility index (Phi) is 6.61. The number of anilines is 2. The Morgan fingerprint density at radius 1 is 0.547 bits per heavy atom. The Balaban J connectivity index is 1.28. The van der Waals surface area contributed by atoms with Crippen LogP contribution >= 0.6 is 0 Å². The summed E-state index contributed by atoms with van der Waals surface area (Å²) in [4.78, 5) is 2.96. The SMILES string of the molecule is CC(C)(C)c1ccc2c(c1)B1c3c(cc(C4CC5CCC4C5)cc3-n3c4ccc(C(C)(C)C)cc4c4cc(C(C)(C)C)cc1c43)N2C1CC2CCC1C2. The van der Waals surface area contributed by atoms with Crippen molar-refractivity contribution in [2.24, 2.45) is 23.7 Å². The van der Waals surface area contributed by atoms with Gasteiger partial charge in [-0.15, -0.1) is 0 Å². The topological polar surface area (TPSA) is 8.17 Å². The molecule has 6 aliphatic rings. The average Bonchev–Trinajstić information content (AvgIpc) is 3.95. The fourth-order valence-corrected chi connectivity index (χ4v) is 12.7. The molecule has 3 heterocycles. The highest BCUT2D eigenvalue weighted by atomic mass is 15.2. The van der Waals surface area contributed by atoms with Gasteiger partial charge in [-0.3, -0.25) is 0 Å². The second-order valence-electron chi connectivity index (χ2n) is 21.9. The third-order valence-corrected chi connectivity index (χ3v) is 15.5. The van der Waals surface area contributed by atoms with E-state index in [1.54, 1.807) is 22.2 Å². The van der Waals surface area contributed by atoms with Gasteiger partial charge >= 0.3 is 0 Å². The maximum Gasteiger partial charge on any atom is 0.252 e. The van der Waals surface area contributed by atoms with Crippen LogP contribution in [0.1, 0.15) is 142 Å². The Morgan fingerprint density at radius 2 is 1.17 bits per heavy atom. The van der Waals surface area contributed by atoms with Crippen LogP contribution in [0.2, 0.25) is 0 Å². The Hall–Kier alpha value is -3.46. The quantitative estimate of drug-likeness (QED) is 0.163. The lowest BCUT2D eigenvalue weighted by Crippen LogP contribution is -2.62. The molecule has 2 aliphatic heterocycles. The van der Waals surface area contributed by atoms with Crippen LogP contribution in [0.3, 0.4) is 0 Å². The van der Waals surface area contributed by atoms with Crippen molar-refractivity contribution in [3.05, 3.63) is 82.9 Å². The third-order valence-electron chi connectivity index (χ3n) is 15.5. The normalized spacial score (nSPS) is 27.0. The molecule has 6 unspecified atom stereocenters. The standard InChI is InChI=1S/C50H59BN2/c1-48(2,3)33-14-16-41-37(24-33)38-25-35(50(7,8)9)27-40-47(38)53(41)45-23-32(36-20-28-10-12-30(36)18-28)22-44-46(45)51(40)39-26-34(49(4,5)6)15-17-42(39)52(44)43-21-29-11-13-31(43)19-29/h14-17,22-31,36,43H,10-13,18-21H2,1-9H3. The van der Waals surface area contributed by atoms with Crippen molar-refractivity contribution >= 4 is 56.3 Å². The first kappa shape index (κ1) is 32.9. The third kappa shape index (κ3) is 4.64. The molecule has 3 heteroatoms. The maximum atomic E-state index is 2.96. The lowest BCUT2D eigenvalue weighted by atomic mass is 9.33. The minimum absolute atomic E-state index is 0.0371. The summed E-state index contributed by atoms with van der Waals surface area (Å²) in [5.41, 5.74) is 18.2. The molecule has 5 aromatic rings. The molecule has 1 aromatic heterocycles. The molecule has 4 bridgehead atoms. The van der Waals surface area contributed by atoms with E-state index in [9.17, 15) is 0 Å². The number of aromatic nitrogens is 1. The largest absolute Gasteiger partial charge is 0.339 e. The average molecular weight is 699 g/mol. The highest BCUT2D eigenvalue weighted by molar-refractivity contribution is 7.00. The lowest BCUT2D eigenvalue weighted by Gasteiger charge is -2.46. The Labute approximate surface area is 318 Å². The van der Waals surface area contributed by atoms with Crippen molar-refractivity contribution in [2.45, 2.75) is 142 Å². The fourth-order valence-electron chi connectivity index (χ4n) is 12.7. The van der Waals surface area contributed by atoms with Crippen LogP contribution in [0.15, 0.2) is 60.7 Å². The second-order valence-corrected chi connectivity index (χ2v) is 21.9. The number of nitrogens with zero attached hydrogens (tertiary/aromatic N) is 2. The van der Waals surface area contributed by atoms with Crippen molar-refractivity contribution in [3.63, 3.8) is 0 Å². The highest BCUT2D eigenvalue weighted by Gasteiger charge is 2.50. The van der Waals surface area contributed by atoms with E-state index in [1.807, 2.05) is 0 Å². The molecule has 272 valence electrons. The molecule has 0 amide bonds. The predicted molar refractivity (Wildman–Crippen MR) is 228 cm³/mol. The smallest absolute Gasteiger partial charge is 0.252 e. The van der Waals surface area contributed by atoms with Gasteiger partial charge in [-0.1, -0.05) is 99.4 Å². The van der Waals surface area contributed by atoms with Crippen LogP contribution in [-0.4, -0.2) is 17.3 Å². The summed E-state index contributed by atoms with van der Waals surface area (Å²) in [5, 5.41) is 2.86. The Morgan fingerprint density at radius 3 is 1.81 bits per heavy atom. The maximum absolute atomic E-state index is 2.96. The number of rotatable bonds is 2. The van der Waals surface area contributed by atoms with E-state index in [1.165, 1.54) is 107 Å². The van der Waals surface area contributed by atoms with E-state index >= 15 is 0 Å². The molecule has 53 heavy (non-hydrogen) atoms. The highest BCUT2D eigenvalue weighted by Crippen LogP contribution is 2.55. The first-order chi connectivity index (χ1) is 25.1. The molecular weight excluding hydrogens is 639 g/mol. The van der Waals surface area contributed by atoms with E-state index in [0.717, 1.165) is 23.7 Å². The van der Waals surface area contributed by atoms with E-state index in [2.05, 4.69) is 132 Å². The molecule has 4 aliphatic carbocycles. The summed E-state index contributed by atoms with van der Waals surface area (Å²) >= 11 is 0. The minimum atomic E-state index is 0.0371. The first-order valence-corrected chi connectivity index (χ1v) is 21.4. The van der Waals surface area contributed by atoms with Crippen molar-refractivity contribution in [3.8, 4) is 5.69 Å². The number of fused-ring (bicyclic) bond motifs is 11. The summed E-state index contributed by atoms with van der Waals surface area (Å²) in [7, 11) is 0. The van der Waals surface area contributed by atoms with E-state index in [-0.39, 0.29) is 23.0 Å². The molecule has 11 rings (SSSR count). The van der Waals surface area contributed by atoms with Crippen LogP contribution < -0.4 is 21.3 Å². The number of benzene rings is 4. The molecule has 4 aromatic carbocycles. The zero-order valence-electron chi connectivity index (χ0n) is 33.9. The van der Waals surface area contributed by atoms with Gasteiger partial charge in [0.25, 0.3) is 6.71 Å². The van der Waals surface area contributed by atoms with Gasteiger partial charge in [0.05, 0.1) is 5.52 Å².